The maximum atomic E-state index is 13.8. The molecule has 0 bridgehead atoms. The van der Waals surface area contributed by atoms with Gasteiger partial charge in [-0.05, 0) is 40.7 Å². The van der Waals surface area contributed by atoms with E-state index in [4.69, 9.17) is 0 Å². The van der Waals surface area contributed by atoms with Crippen LogP contribution < -0.4 is 0 Å². The van der Waals surface area contributed by atoms with Crippen LogP contribution in [0.5, 0.6) is 0 Å². The number of aliphatic hydroxyl groups excluding tert-OH is 2. The summed E-state index contributed by atoms with van der Waals surface area (Å²) in [6, 6.07) is 9.85. The number of allylic oxidation sites excluding steroid dienone is 4. The van der Waals surface area contributed by atoms with E-state index in [2.05, 4.69) is 0 Å². The molecule has 174 valence electrons. The Labute approximate surface area is 197 Å². The number of halogens is 1. The fraction of sp³-hybridized carbons (Fsp3) is 0.407. The molecule has 2 aliphatic carbocycles. The Balaban J connectivity index is 1.89. The molecule has 0 spiro atoms. The second-order valence-electron chi connectivity index (χ2n) is 10.7. The number of benzene rings is 1. The summed E-state index contributed by atoms with van der Waals surface area (Å²) in [4.78, 5) is 28.0. The number of ketones is 2. The quantitative estimate of drug-likeness (QED) is 0.505. The molecule has 1 aromatic carbocycles. The summed E-state index contributed by atoms with van der Waals surface area (Å²) >= 11 is 1.34. The highest BCUT2D eigenvalue weighted by Crippen LogP contribution is 2.49. The highest BCUT2D eigenvalue weighted by molar-refractivity contribution is 7.15. The Morgan fingerprint density at radius 3 is 1.88 bits per heavy atom. The van der Waals surface area contributed by atoms with E-state index in [0.717, 1.165) is 4.88 Å². The predicted molar refractivity (Wildman–Crippen MR) is 128 cm³/mol. The molecular weight excluding hydrogens is 439 g/mol. The zero-order valence-electron chi connectivity index (χ0n) is 19.4. The van der Waals surface area contributed by atoms with E-state index >= 15 is 0 Å². The van der Waals surface area contributed by atoms with Crippen LogP contribution >= 0.6 is 11.3 Å². The minimum atomic E-state index is -0.843. The summed E-state index contributed by atoms with van der Waals surface area (Å²) < 4.78 is 13.8. The van der Waals surface area contributed by atoms with Gasteiger partial charge in [0, 0.05) is 46.6 Å². The normalized spacial score (nSPS) is 20.7. The van der Waals surface area contributed by atoms with Crippen molar-refractivity contribution in [2.75, 3.05) is 0 Å². The number of hydrogen-bond acceptors (Lipinski definition) is 5. The van der Waals surface area contributed by atoms with Gasteiger partial charge < -0.3 is 10.2 Å². The zero-order valence-corrected chi connectivity index (χ0v) is 20.2. The maximum absolute atomic E-state index is 13.8. The molecule has 1 heterocycles. The summed E-state index contributed by atoms with van der Waals surface area (Å²) in [5.41, 5.74) is 0.306. The van der Waals surface area contributed by atoms with Crippen molar-refractivity contribution in [3.05, 3.63) is 69.8 Å². The second kappa shape index (κ2) is 8.24. The molecule has 1 aromatic heterocycles. The Hall–Kier alpha value is -2.73. The van der Waals surface area contributed by atoms with Gasteiger partial charge in [0.2, 0.25) is 0 Å². The highest BCUT2D eigenvalue weighted by atomic mass is 32.1. The molecule has 0 saturated heterocycles. The third kappa shape index (κ3) is 4.67. The van der Waals surface area contributed by atoms with Crippen LogP contribution in [0.25, 0.3) is 10.4 Å². The number of carbonyl (C=O) groups excluding carboxylic acids is 2. The Morgan fingerprint density at radius 1 is 0.848 bits per heavy atom. The van der Waals surface area contributed by atoms with Gasteiger partial charge in [0.15, 0.2) is 11.6 Å². The smallest absolute Gasteiger partial charge is 0.163 e. The molecule has 0 fully saturated rings. The van der Waals surface area contributed by atoms with Crippen molar-refractivity contribution in [1.82, 2.24) is 0 Å². The Bertz CT molecular complexity index is 1150. The van der Waals surface area contributed by atoms with E-state index in [-0.39, 0.29) is 63.7 Å². The van der Waals surface area contributed by atoms with Gasteiger partial charge in [-0.2, -0.15) is 0 Å². The summed E-state index contributed by atoms with van der Waals surface area (Å²) in [5, 5.41) is 21.9. The Morgan fingerprint density at radius 2 is 1.39 bits per heavy atom. The third-order valence-electron chi connectivity index (χ3n) is 6.39. The molecule has 0 aliphatic heterocycles. The number of thiophene rings is 1. The first-order valence-electron chi connectivity index (χ1n) is 11.1. The van der Waals surface area contributed by atoms with E-state index in [0.29, 0.717) is 23.3 Å². The number of Topliss-reactive ketones (excluding diaryl/α,β-unsaturated/α-hetero) is 2. The van der Waals surface area contributed by atoms with Crippen LogP contribution in [0.2, 0.25) is 0 Å². The van der Waals surface area contributed by atoms with Crippen molar-refractivity contribution in [2.45, 2.75) is 59.3 Å². The molecule has 2 aliphatic rings. The molecule has 0 unspecified atom stereocenters. The SMILES string of the molecule is CC1(C)CC(=O)C(C(C2=C(O)CC(C)(C)CC2=O)c2ccc(-c3cccc(F)c3)s2)=C(O)C1. The van der Waals surface area contributed by atoms with Crippen molar-refractivity contribution < 1.29 is 24.2 Å². The van der Waals surface area contributed by atoms with Crippen LogP contribution in [0, 0.1) is 16.6 Å². The van der Waals surface area contributed by atoms with Crippen molar-refractivity contribution in [3.63, 3.8) is 0 Å². The lowest BCUT2D eigenvalue weighted by molar-refractivity contribution is -0.119. The lowest BCUT2D eigenvalue weighted by Gasteiger charge is -2.36. The van der Waals surface area contributed by atoms with Crippen molar-refractivity contribution in [3.8, 4) is 10.4 Å². The van der Waals surface area contributed by atoms with Crippen molar-refractivity contribution >= 4 is 22.9 Å². The van der Waals surface area contributed by atoms with E-state index in [1.165, 1.54) is 23.5 Å². The molecule has 6 heteroatoms. The van der Waals surface area contributed by atoms with Gasteiger partial charge in [-0.25, -0.2) is 4.39 Å². The fourth-order valence-electron chi connectivity index (χ4n) is 4.99. The number of aliphatic hydroxyl groups is 2. The predicted octanol–water partition coefficient (Wildman–Crippen LogP) is 7.04. The summed E-state index contributed by atoms with van der Waals surface area (Å²) in [6.07, 6.45) is 1.14. The molecule has 2 N–H and O–H groups in total. The average molecular weight is 469 g/mol. The molecule has 4 rings (SSSR count). The first-order chi connectivity index (χ1) is 15.4. The van der Waals surface area contributed by atoms with Crippen LogP contribution in [0.15, 0.2) is 59.1 Å². The topological polar surface area (TPSA) is 74.6 Å². The summed E-state index contributed by atoms with van der Waals surface area (Å²) in [5.74, 6) is -1.68. The van der Waals surface area contributed by atoms with Crippen LogP contribution in [0.4, 0.5) is 4.39 Å². The van der Waals surface area contributed by atoms with Crippen molar-refractivity contribution in [2.24, 2.45) is 10.8 Å². The highest BCUT2D eigenvalue weighted by Gasteiger charge is 2.44. The van der Waals surface area contributed by atoms with Gasteiger partial charge >= 0.3 is 0 Å². The van der Waals surface area contributed by atoms with Crippen LogP contribution in [-0.4, -0.2) is 21.8 Å². The van der Waals surface area contributed by atoms with E-state index < -0.39 is 5.92 Å². The second-order valence-corrected chi connectivity index (χ2v) is 11.9. The van der Waals surface area contributed by atoms with Crippen molar-refractivity contribution in [1.29, 1.82) is 0 Å². The standard InChI is InChI=1S/C27H29FO4S/c1-26(2)11-17(29)23(18(30)12-26)25(24-19(31)13-27(3,4)14-20(24)32)22-9-8-21(33-22)15-6-5-7-16(28)10-15/h5-10,25,29,31H,11-14H2,1-4H3. The summed E-state index contributed by atoms with van der Waals surface area (Å²) in [6.45, 7) is 7.69. The molecular formula is C27H29FO4S. The lowest BCUT2D eigenvalue weighted by Crippen LogP contribution is -2.33. The minimum absolute atomic E-state index is 0.0279. The minimum Gasteiger partial charge on any atom is -0.512 e. The zero-order chi connectivity index (χ0) is 24.1. The van der Waals surface area contributed by atoms with Crippen LogP contribution in [-0.2, 0) is 9.59 Å². The van der Waals surface area contributed by atoms with Crippen LogP contribution in [0.3, 0.4) is 0 Å². The first-order valence-corrected chi connectivity index (χ1v) is 11.9. The van der Waals surface area contributed by atoms with Gasteiger partial charge in [0.05, 0.1) is 5.92 Å². The number of hydrogen-bond donors (Lipinski definition) is 2. The molecule has 0 amide bonds. The van der Waals surface area contributed by atoms with E-state index in [9.17, 15) is 24.2 Å². The lowest BCUT2D eigenvalue weighted by atomic mass is 9.68. The fourth-order valence-corrected chi connectivity index (χ4v) is 6.12. The van der Waals surface area contributed by atoms with Crippen LogP contribution in [0.1, 0.15) is 64.2 Å². The first kappa shape index (κ1) is 23.4. The molecule has 2 aromatic rings. The molecule has 33 heavy (non-hydrogen) atoms. The van der Waals surface area contributed by atoms with Gasteiger partial charge in [-0.1, -0.05) is 39.8 Å². The maximum Gasteiger partial charge on any atom is 0.163 e. The monoisotopic (exact) mass is 468 g/mol. The van der Waals surface area contributed by atoms with Gasteiger partial charge in [0.1, 0.15) is 17.3 Å². The average Bonchev–Trinajstić information content (AvgIpc) is 3.13. The number of rotatable bonds is 4. The van der Waals surface area contributed by atoms with Gasteiger partial charge in [-0.15, -0.1) is 11.3 Å². The summed E-state index contributed by atoms with van der Waals surface area (Å²) in [7, 11) is 0. The largest absolute Gasteiger partial charge is 0.512 e. The third-order valence-corrected chi connectivity index (χ3v) is 7.59. The molecule has 0 saturated carbocycles. The molecule has 4 nitrogen and oxygen atoms in total. The van der Waals surface area contributed by atoms with Gasteiger partial charge in [-0.3, -0.25) is 9.59 Å². The molecule has 0 radical (unpaired) electrons. The van der Waals surface area contributed by atoms with E-state index in [1.807, 2.05) is 33.8 Å². The van der Waals surface area contributed by atoms with Gasteiger partial charge in [0.25, 0.3) is 0 Å². The number of carbonyl (C=O) groups is 2. The Kier molecular flexibility index (Phi) is 5.85. The molecule has 0 atom stereocenters. The van der Waals surface area contributed by atoms with E-state index in [1.54, 1.807) is 18.2 Å².